The molecule has 1 aliphatic rings. The van der Waals surface area contributed by atoms with Crippen LogP contribution in [0, 0.1) is 0 Å². The van der Waals surface area contributed by atoms with Gasteiger partial charge in [-0.05, 0) is 42.5 Å². The Kier molecular flexibility index (Phi) is 6.84. The Hall–Kier alpha value is -2.48. The van der Waals surface area contributed by atoms with Gasteiger partial charge in [-0.3, -0.25) is 4.79 Å². The zero-order valence-corrected chi connectivity index (χ0v) is 17.5. The van der Waals surface area contributed by atoms with E-state index in [9.17, 15) is 14.7 Å². The third-order valence-corrected chi connectivity index (χ3v) is 5.64. The van der Waals surface area contributed by atoms with Crippen LogP contribution >= 0.6 is 35.0 Å². The number of thioether (sulfide) groups is 1. The number of carboxylic acids is 1. The van der Waals surface area contributed by atoms with Crippen LogP contribution in [0.5, 0.6) is 5.75 Å². The van der Waals surface area contributed by atoms with Gasteiger partial charge in [-0.2, -0.15) is 0 Å². The third kappa shape index (κ3) is 5.12. The molecule has 1 heterocycles. The maximum absolute atomic E-state index is 12.4. The summed E-state index contributed by atoms with van der Waals surface area (Å²) in [7, 11) is 0. The lowest BCUT2D eigenvalue weighted by Crippen LogP contribution is -2.26. The van der Waals surface area contributed by atoms with Crippen molar-refractivity contribution in [3.8, 4) is 5.75 Å². The number of hydrogen-bond acceptors (Lipinski definition) is 5. The predicted molar refractivity (Wildman–Crippen MR) is 116 cm³/mol. The summed E-state index contributed by atoms with van der Waals surface area (Å²) in [5.41, 5.74) is 1.03. The number of carbonyl (C=O) groups excluding carboxylic acids is 1. The molecular formula is C20H16Cl2N2O4S. The first-order chi connectivity index (χ1) is 13.9. The van der Waals surface area contributed by atoms with E-state index in [0.29, 0.717) is 43.5 Å². The molecule has 150 valence electrons. The van der Waals surface area contributed by atoms with Crippen molar-refractivity contribution in [1.82, 2.24) is 5.32 Å². The van der Waals surface area contributed by atoms with Crippen molar-refractivity contribution in [2.24, 2.45) is 4.99 Å². The molecule has 2 N–H and O–H groups in total. The van der Waals surface area contributed by atoms with E-state index in [1.165, 1.54) is 0 Å². The number of benzene rings is 2. The summed E-state index contributed by atoms with van der Waals surface area (Å²) in [5.74, 6) is -0.992. The van der Waals surface area contributed by atoms with Gasteiger partial charge in [-0.15, -0.1) is 0 Å². The zero-order chi connectivity index (χ0) is 21.0. The fourth-order valence-corrected chi connectivity index (χ4v) is 3.64. The Morgan fingerprint density at radius 3 is 2.76 bits per heavy atom. The fourth-order valence-electron chi connectivity index (χ4n) is 2.48. The number of hydrogen-bond donors (Lipinski definition) is 2. The number of nitrogens with one attached hydrogen (secondary N) is 1. The van der Waals surface area contributed by atoms with E-state index in [2.05, 4.69) is 10.3 Å². The van der Waals surface area contributed by atoms with Crippen LogP contribution in [-0.4, -0.2) is 28.3 Å². The summed E-state index contributed by atoms with van der Waals surface area (Å²) in [5, 5.41) is 12.9. The number of para-hydroxylation sites is 1. The van der Waals surface area contributed by atoms with E-state index < -0.39 is 12.1 Å². The van der Waals surface area contributed by atoms with Gasteiger partial charge in [0.2, 0.25) is 0 Å². The summed E-state index contributed by atoms with van der Waals surface area (Å²) >= 11 is 13.3. The standard InChI is InChI=1S/C20H16Cl2N2O4S/c1-2-14(19(26)27)28-15-9-4-3-6-11(15)10-16-18(25)24-20(29-16)23-13-8-5-7-12(21)17(13)22/h3-10,14H,2H2,1H3,(H,26,27)(H,23,24,25)/b16-10+. The predicted octanol–water partition coefficient (Wildman–Crippen LogP) is 5.13. The smallest absolute Gasteiger partial charge is 0.344 e. The maximum Gasteiger partial charge on any atom is 0.344 e. The molecule has 29 heavy (non-hydrogen) atoms. The quantitative estimate of drug-likeness (QED) is 0.595. The first-order valence-corrected chi connectivity index (χ1v) is 10.2. The molecule has 1 aliphatic heterocycles. The van der Waals surface area contributed by atoms with Gasteiger partial charge in [0, 0.05) is 5.56 Å². The molecule has 1 unspecified atom stereocenters. The Bertz CT molecular complexity index is 1020. The van der Waals surface area contributed by atoms with Crippen molar-refractivity contribution in [2.75, 3.05) is 0 Å². The van der Waals surface area contributed by atoms with Crippen molar-refractivity contribution in [2.45, 2.75) is 19.4 Å². The van der Waals surface area contributed by atoms with E-state index in [1.54, 1.807) is 55.5 Å². The Morgan fingerprint density at radius 1 is 1.28 bits per heavy atom. The zero-order valence-electron chi connectivity index (χ0n) is 15.2. The number of nitrogens with zero attached hydrogens (tertiary/aromatic N) is 1. The lowest BCUT2D eigenvalue weighted by molar-refractivity contribution is -0.145. The highest BCUT2D eigenvalue weighted by Gasteiger charge is 2.25. The maximum atomic E-state index is 12.4. The normalized spacial score (nSPS) is 17.4. The minimum Gasteiger partial charge on any atom is -0.479 e. The van der Waals surface area contributed by atoms with Crippen LogP contribution in [0.2, 0.25) is 10.0 Å². The van der Waals surface area contributed by atoms with Gasteiger partial charge in [0.1, 0.15) is 5.75 Å². The largest absolute Gasteiger partial charge is 0.479 e. The summed E-state index contributed by atoms with van der Waals surface area (Å²) in [6, 6.07) is 12.0. The number of ether oxygens (including phenoxy) is 1. The molecule has 3 rings (SSSR count). The number of carboxylic acid groups (broad SMARTS) is 1. The number of rotatable bonds is 6. The molecule has 0 aromatic heterocycles. The minimum absolute atomic E-state index is 0.298. The van der Waals surface area contributed by atoms with Crippen molar-refractivity contribution in [1.29, 1.82) is 0 Å². The molecule has 1 saturated heterocycles. The van der Waals surface area contributed by atoms with Gasteiger partial charge in [0.05, 0.1) is 20.6 Å². The Labute approximate surface area is 181 Å². The molecular weight excluding hydrogens is 435 g/mol. The lowest BCUT2D eigenvalue weighted by atomic mass is 10.1. The number of carbonyl (C=O) groups is 2. The molecule has 1 fully saturated rings. The third-order valence-electron chi connectivity index (χ3n) is 3.93. The van der Waals surface area contributed by atoms with Gasteiger partial charge in [0.15, 0.2) is 11.3 Å². The van der Waals surface area contributed by atoms with E-state index in [4.69, 9.17) is 27.9 Å². The average molecular weight is 451 g/mol. The highest BCUT2D eigenvalue weighted by molar-refractivity contribution is 8.18. The first kappa shape index (κ1) is 21.2. The van der Waals surface area contributed by atoms with Crippen LogP contribution < -0.4 is 10.1 Å². The van der Waals surface area contributed by atoms with E-state index in [1.807, 2.05) is 0 Å². The van der Waals surface area contributed by atoms with Crippen LogP contribution in [-0.2, 0) is 9.59 Å². The van der Waals surface area contributed by atoms with Crippen molar-refractivity contribution in [3.63, 3.8) is 0 Å². The number of amides is 1. The van der Waals surface area contributed by atoms with Crippen molar-refractivity contribution < 1.29 is 19.4 Å². The van der Waals surface area contributed by atoms with Gasteiger partial charge in [0.25, 0.3) is 5.91 Å². The molecule has 1 atom stereocenters. The van der Waals surface area contributed by atoms with Gasteiger partial charge in [-0.25, -0.2) is 9.79 Å². The monoisotopic (exact) mass is 450 g/mol. The van der Waals surface area contributed by atoms with E-state index in [-0.39, 0.29) is 5.91 Å². The first-order valence-electron chi connectivity index (χ1n) is 8.61. The van der Waals surface area contributed by atoms with Crippen LogP contribution in [0.4, 0.5) is 5.69 Å². The highest BCUT2D eigenvalue weighted by Crippen LogP contribution is 2.35. The molecule has 1 amide bonds. The molecule has 0 bridgehead atoms. The Morgan fingerprint density at radius 2 is 2.03 bits per heavy atom. The topological polar surface area (TPSA) is 88.0 Å². The minimum atomic E-state index is -1.05. The number of halogens is 2. The van der Waals surface area contributed by atoms with Gasteiger partial charge in [-0.1, -0.05) is 54.4 Å². The van der Waals surface area contributed by atoms with Gasteiger partial charge < -0.3 is 15.2 Å². The molecule has 0 aliphatic carbocycles. The number of aliphatic imine (C=N–C) groups is 1. The summed E-state index contributed by atoms with van der Waals surface area (Å²) < 4.78 is 5.61. The lowest BCUT2D eigenvalue weighted by Gasteiger charge is -2.15. The van der Waals surface area contributed by atoms with E-state index >= 15 is 0 Å². The second-order valence-electron chi connectivity index (χ2n) is 5.95. The van der Waals surface area contributed by atoms with Crippen LogP contribution in [0.1, 0.15) is 18.9 Å². The molecule has 2 aromatic carbocycles. The van der Waals surface area contributed by atoms with Crippen molar-refractivity contribution >= 4 is 63.8 Å². The highest BCUT2D eigenvalue weighted by atomic mass is 35.5. The van der Waals surface area contributed by atoms with Crippen LogP contribution in [0.3, 0.4) is 0 Å². The van der Waals surface area contributed by atoms with Crippen LogP contribution in [0.25, 0.3) is 6.08 Å². The van der Waals surface area contributed by atoms with Crippen LogP contribution in [0.15, 0.2) is 52.4 Å². The second-order valence-corrected chi connectivity index (χ2v) is 7.76. The molecule has 0 saturated carbocycles. The molecule has 9 heteroatoms. The van der Waals surface area contributed by atoms with E-state index in [0.717, 1.165) is 11.8 Å². The average Bonchev–Trinajstić information content (AvgIpc) is 3.03. The van der Waals surface area contributed by atoms with Crippen molar-refractivity contribution in [3.05, 3.63) is 63.0 Å². The number of aliphatic carboxylic acids is 1. The van der Waals surface area contributed by atoms with Gasteiger partial charge >= 0.3 is 5.97 Å². The summed E-state index contributed by atoms with van der Waals surface area (Å²) in [6.07, 6.45) is 0.972. The number of amidine groups is 1. The Balaban J connectivity index is 1.87. The fraction of sp³-hybridized carbons (Fsp3) is 0.150. The summed E-state index contributed by atoms with van der Waals surface area (Å²) in [4.78, 5) is 28.4. The second kappa shape index (κ2) is 9.35. The SMILES string of the molecule is CCC(Oc1ccccc1/C=C1/SC(=Nc2cccc(Cl)c2Cl)NC1=O)C(=O)O. The summed E-state index contributed by atoms with van der Waals surface area (Å²) in [6.45, 7) is 1.73. The molecule has 6 nitrogen and oxygen atoms in total. The molecule has 0 spiro atoms. The molecule has 0 radical (unpaired) electrons. The molecule has 2 aromatic rings.